The van der Waals surface area contributed by atoms with E-state index < -0.39 is 0 Å². The van der Waals surface area contributed by atoms with Crippen LogP contribution < -0.4 is 14.8 Å². The summed E-state index contributed by atoms with van der Waals surface area (Å²) in [5.41, 5.74) is 1.94. The Morgan fingerprint density at radius 2 is 2.00 bits per heavy atom. The molecule has 0 spiro atoms. The Hall–Kier alpha value is -1.72. The monoisotopic (exact) mass is 309 g/mol. The predicted molar refractivity (Wildman–Crippen MR) is 83.3 cm³/mol. The average molecular weight is 310 g/mol. The number of ether oxygens (including phenoxy) is 2. The molecule has 2 rings (SSSR count). The molecule has 0 aliphatic carbocycles. The average Bonchev–Trinajstić information content (AvgIpc) is 2.86. The fourth-order valence-electron chi connectivity index (χ4n) is 2.39. The number of halogens is 1. The van der Waals surface area contributed by atoms with E-state index in [1.807, 2.05) is 25.2 Å². The molecule has 1 aromatic heterocycles. The number of hydrogen-bond donors (Lipinski definition) is 1. The van der Waals surface area contributed by atoms with E-state index in [1.165, 1.54) is 0 Å². The fraction of sp³-hybridized carbons (Fsp3) is 0.400. The third kappa shape index (κ3) is 3.14. The van der Waals surface area contributed by atoms with E-state index in [2.05, 4.69) is 17.3 Å². The number of aryl methyl sites for hydroxylation is 1. The lowest BCUT2D eigenvalue weighted by Gasteiger charge is -2.22. The third-order valence-corrected chi connectivity index (χ3v) is 3.59. The zero-order valence-electron chi connectivity index (χ0n) is 12.7. The standard InChI is InChI=1S/C15H20ClN3O2/c1-5-17-14(15-13(21-4)9-18-19(15)2)11-7-6-10(16)8-12(11)20-3/h6-9,14,17H,5H2,1-4H3. The second kappa shape index (κ2) is 6.83. The first-order valence-corrected chi connectivity index (χ1v) is 7.12. The van der Waals surface area contributed by atoms with E-state index in [9.17, 15) is 0 Å². The first-order valence-electron chi connectivity index (χ1n) is 6.75. The van der Waals surface area contributed by atoms with E-state index in [1.54, 1.807) is 25.1 Å². The largest absolute Gasteiger partial charge is 0.496 e. The summed E-state index contributed by atoms with van der Waals surface area (Å²) in [6.45, 7) is 2.85. The van der Waals surface area contributed by atoms with Gasteiger partial charge in [-0.05, 0) is 18.7 Å². The quantitative estimate of drug-likeness (QED) is 0.891. The zero-order chi connectivity index (χ0) is 15.4. The van der Waals surface area contributed by atoms with Gasteiger partial charge in [0.2, 0.25) is 0 Å². The van der Waals surface area contributed by atoms with E-state index in [0.717, 1.165) is 29.3 Å². The van der Waals surface area contributed by atoms with Gasteiger partial charge in [0, 0.05) is 17.6 Å². The third-order valence-electron chi connectivity index (χ3n) is 3.36. The van der Waals surface area contributed by atoms with E-state index in [-0.39, 0.29) is 6.04 Å². The SMILES string of the molecule is CCNC(c1ccc(Cl)cc1OC)c1c(OC)cnn1C. The highest BCUT2D eigenvalue weighted by Crippen LogP contribution is 2.35. The molecule has 0 fully saturated rings. The lowest BCUT2D eigenvalue weighted by molar-refractivity contribution is 0.390. The van der Waals surface area contributed by atoms with Crippen molar-refractivity contribution < 1.29 is 9.47 Å². The van der Waals surface area contributed by atoms with Gasteiger partial charge in [-0.1, -0.05) is 24.6 Å². The van der Waals surface area contributed by atoms with Gasteiger partial charge in [-0.15, -0.1) is 0 Å². The van der Waals surface area contributed by atoms with Crippen molar-refractivity contribution in [2.75, 3.05) is 20.8 Å². The van der Waals surface area contributed by atoms with Crippen molar-refractivity contribution in [2.45, 2.75) is 13.0 Å². The van der Waals surface area contributed by atoms with Gasteiger partial charge in [-0.25, -0.2) is 0 Å². The number of nitrogens with zero attached hydrogens (tertiary/aromatic N) is 2. The highest BCUT2D eigenvalue weighted by atomic mass is 35.5. The molecule has 21 heavy (non-hydrogen) atoms. The van der Waals surface area contributed by atoms with Crippen molar-refractivity contribution in [2.24, 2.45) is 7.05 Å². The molecule has 0 saturated carbocycles. The zero-order valence-corrected chi connectivity index (χ0v) is 13.4. The molecule has 114 valence electrons. The van der Waals surface area contributed by atoms with Crippen molar-refractivity contribution in [3.63, 3.8) is 0 Å². The molecule has 5 nitrogen and oxygen atoms in total. The Morgan fingerprint density at radius 3 is 2.62 bits per heavy atom. The van der Waals surface area contributed by atoms with Crippen LogP contribution >= 0.6 is 11.6 Å². The Kier molecular flexibility index (Phi) is 5.09. The Morgan fingerprint density at radius 1 is 1.29 bits per heavy atom. The predicted octanol–water partition coefficient (Wildman–Crippen LogP) is 2.79. The topological polar surface area (TPSA) is 48.3 Å². The number of rotatable bonds is 6. The van der Waals surface area contributed by atoms with Crippen LogP contribution in [0.1, 0.15) is 24.2 Å². The highest BCUT2D eigenvalue weighted by molar-refractivity contribution is 6.30. The molecule has 0 radical (unpaired) electrons. The molecule has 0 amide bonds. The first-order chi connectivity index (χ1) is 10.1. The van der Waals surface area contributed by atoms with Crippen molar-refractivity contribution in [1.29, 1.82) is 0 Å². The number of nitrogens with one attached hydrogen (secondary N) is 1. The lowest BCUT2D eigenvalue weighted by Crippen LogP contribution is -2.25. The Bertz CT molecular complexity index is 613. The molecule has 1 atom stereocenters. The molecule has 0 saturated heterocycles. The van der Waals surface area contributed by atoms with Crippen LogP contribution in [0, 0.1) is 0 Å². The Labute approximate surface area is 129 Å². The van der Waals surface area contributed by atoms with Crippen LogP contribution in [0.4, 0.5) is 0 Å². The summed E-state index contributed by atoms with van der Waals surface area (Å²) in [6.07, 6.45) is 1.71. The van der Waals surface area contributed by atoms with Crippen molar-refractivity contribution >= 4 is 11.6 Å². The van der Waals surface area contributed by atoms with Gasteiger partial charge in [0.05, 0.1) is 26.5 Å². The van der Waals surface area contributed by atoms with Crippen molar-refractivity contribution in [3.05, 3.63) is 40.7 Å². The van der Waals surface area contributed by atoms with E-state index in [4.69, 9.17) is 21.1 Å². The van der Waals surface area contributed by atoms with Crippen LogP contribution in [0.2, 0.25) is 5.02 Å². The summed E-state index contributed by atoms with van der Waals surface area (Å²) in [6, 6.07) is 5.53. The van der Waals surface area contributed by atoms with Crippen molar-refractivity contribution in [1.82, 2.24) is 15.1 Å². The van der Waals surface area contributed by atoms with Crippen LogP contribution in [-0.2, 0) is 7.05 Å². The van der Waals surface area contributed by atoms with Gasteiger partial charge in [-0.2, -0.15) is 5.10 Å². The maximum Gasteiger partial charge on any atom is 0.161 e. The molecule has 6 heteroatoms. The maximum absolute atomic E-state index is 6.05. The molecular formula is C15H20ClN3O2. The molecule has 1 aromatic carbocycles. The molecule has 0 aliphatic rings. The lowest BCUT2D eigenvalue weighted by atomic mass is 10.0. The van der Waals surface area contributed by atoms with Crippen molar-refractivity contribution in [3.8, 4) is 11.5 Å². The second-order valence-corrected chi connectivity index (χ2v) is 5.04. The molecule has 1 heterocycles. The van der Waals surface area contributed by atoms with Gasteiger partial charge < -0.3 is 14.8 Å². The summed E-state index contributed by atoms with van der Waals surface area (Å²) in [4.78, 5) is 0. The molecule has 1 unspecified atom stereocenters. The summed E-state index contributed by atoms with van der Waals surface area (Å²) in [5, 5.41) is 8.36. The van der Waals surface area contributed by atoms with Crippen LogP contribution in [0.5, 0.6) is 11.5 Å². The normalized spacial score (nSPS) is 12.2. The van der Waals surface area contributed by atoms with Crippen LogP contribution in [0.15, 0.2) is 24.4 Å². The number of methoxy groups -OCH3 is 2. The van der Waals surface area contributed by atoms with Gasteiger partial charge in [-0.3, -0.25) is 4.68 Å². The molecule has 0 bridgehead atoms. The Balaban J connectivity index is 2.56. The van der Waals surface area contributed by atoms with E-state index >= 15 is 0 Å². The van der Waals surface area contributed by atoms with Crippen LogP contribution in [0.25, 0.3) is 0 Å². The van der Waals surface area contributed by atoms with Gasteiger partial charge in [0.15, 0.2) is 5.75 Å². The fourth-order valence-corrected chi connectivity index (χ4v) is 2.56. The molecular weight excluding hydrogens is 290 g/mol. The number of benzene rings is 1. The van der Waals surface area contributed by atoms with Gasteiger partial charge >= 0.3 is 0 Å². The summed E-state index contributed by atoms with van der Waals surface area (Å²) >= 11 is 6.05. The molecule has 1 N–H and O–H groups in total. The van der Waals surface area contributed by atoms with Gasteiger partial charge in [0.25, 0.3) is 0 Å². The van der Waals surface area contributed by atoms with Crippen LogP contribution in [0.3, 0.4) is 0 Å². The number of aromatic nitrogens is 2. The summed E-state index contributed by atoms with van der Waals surface area (Å²) in [7, 11) is 5.17. The minimum Gasteiger partial charge on any atom is -0.496 e. The summed E-state index contributed by atoms with van der Waals surface area (Å²) in [5.74, 6) is 1.47. The van der Waals surface area contributed by atoms with E-state index in [0.29, 0.717) is 5.02 Å². The van der Waals surface area contributed by atoms with Crippen LogP contribution in [-0.4, -0.2) is 30.5 Å². The smallest absolute Gasteiger partial charge is 0.161 e. The number of hydrogen-bond acceptors (Lipinski definition) is 4. The highest BCUT2D eigenvalue weighted by Gasteiger charge is 2.24. The maximum atomic E-state index is 6.05. The summed E-state index contributed by atoms with van der Waals surface area (Å²) < 4.78 is 12.7. The minimum atomic E-state index is -0.0929. The van der Waals surface area contributed by atoms with Gasteiger partial charge in [0.1, 0.15) is 11.4 Å². The molecule has 2 aromatic rings. The first kappa shape index (κ1) is 15.7. The minimum absolute atomic E-state index is 0.0929. The molecule has 0 aliphatic heterocycles. The second-order valence-electron chi connectivity index (χ2n) is 4.60.